The molecule has 0 spiro atoms. The molecule has 0 fully saturated rings. The molecular formula is C16H21F2N5OS. The van der Waals surface area contributed by atoms with E-state index in [4.69, 9.17) is 11.5 Å². The summed E-state index contributed by atoms with van der Waals surface area (Å²) in [6.45, 7) is 2.24. The third-order valence-electron chi connectivity index (χ3n) is 3.44. The van der Waals surface area contributed by atoms with Gasteiger partial charge in [-0.05, 0) is 12.5 Å². The van der Waals surface area contributed by atoms with Gasteiger partial charge < -0.3 is 16.5 Å². The van der Waals surface area contributed by atoms with Crippen LogP contribution in [0.4, 0.5) is 8.78 Å². The fraction of sp³-hybridized carbons (Fsp3) is 0.312. The van der Waals surface area contributed by atoms with Crippen LogP contribution in [0.3, 0.4) is 0 Å². The average Bonchev–Trinajstić information content (AvgIpc) is 2.98. The van der Waals surface area contributed by atoms with E-state index in [1.807, 2.05) is 6.92 Å². The molecule has 0 saturated heterocycles. The van der Waals surface area contributed by atoms with E-state index in [0.29, 0.717) is 28.4 Å². The van der Waals surface area contributed by atoms with E-state index in [9.17, 15) is 13.0 Å². The Morgan fingerprint density at radius 1 is 1.40 bits per heavy atom. The molecule has 0 amide bonds. The minimum absolute atomic E-state index is 0.219. The van der Waals surface area contributed by atoms with Crippen LogP contribution in [0.1, 0.15) is 25.6 Å². The Kier molecular flexibility index (Phi) is 6.65. The van der Waals surface area contributed by atoms with Crippen molar-refractivity contribution in [2.75, 3.05) is 12.3 Å². The molecule has 1 aromatic heterocycles. The Labute approximate surface area is 147 Å². The molecule has 0 aliphatic carbocycles. The number of aromatic amines is 1. The van der Waals surface area contributed by atoms with Crippen molar-refractivity contribution in [1.29, 1.82) is 0 Å². The Bertz CT molecular complexity index is 792. The first-order chi connectivity index (χ1) is 11.9. The van der Waals surface area contributed by atoms with E-state index in [2.05, 4.69) is 14.7 Å². The molecule has 6 N–H and O–H groups in total. The number of halogens is 2. The monoisotopic (exact) mass is 369 g/mol. The Hall–Kier alpha value is -2.26. The number of imidazole rings is 1. The fourth-order valence-corrected chi connectivity index (χ4v) is 3.12. The van der Waals surface area contributed by atoms with Crippen molar-refractivity contribution in [3.05, 3.63) is 47.6 Å². The molecule has 136 valence electrons. The number of aromatic nitrogens is 2. The van der Waals surface area contributed by atoms with Crippen molar-refractivity contribution >= 4 is 27.6 Å². The minimum atomic E-state index is -1.15. The van der Waals surface area contributed by atoms with Crippen LogP contribution < -0.4 is 16.2 Å². The molecule has 0 aliphatic heterocycles. The van der Waals surface area contributed by atoms with Crippen LogP contribution in [0.15, 0.2) is 30.1 Å². The molecule has 0 saturated carbocycles. The van der Waals surface area contributed by atoms with Crippen molar-refractivity contribution in [1.82, 2.24) is 14.7 Å². The zero-order chi connectivity index (χ0) is 18.4. The van der Waals surface area contributed by atoms with Crippen LogP contribution in [0, 0.1) is 11.6 Å². The predicted octanol–water partition coefficient (Wildman–Crippen LogP) is 2.04. The number of nitrogens with zero attached hydrogens (tertiary/aromatic N) is 1. The number of nitrogens with one attached hydrogen (secondary N) is 2. The maximum atomic E-state index is 13.3. The van der Waals surface area contributed by atoms with Crippen LogP contribution in [0.2, 0.25) is 0 Å². The zero-order valence-electron chi connectivity index (χ0n) is 13.8. The molecule has 25 heavy (non-hydrogen) atoms. The average molecular weight is 369 g/mol. The second-order valence-electron chi connectivity index (χ2n) is 5.43. The van der Waals surface area contributed by atoms with Crippen LogP contribution in [0.25, 0.3) is 16.6 Å². The molecule has 2 rings (SSSR count). The second-order valence-corrected chi connectivity index (χ2v) is 6.82. The molecule has 9 heteroatoms. The van der Waals surface area contributed by atoms with Gasteiger partial charge in [-0.15, -0.1) is 0 Å². The first kappa shape index (κ1) is 19.1. The number of H-pyrrole nitrogens is 1. The smallest absolute Gasteiger partial charge is 0.161 e. The molecule has 2 aromatic rings. The van der Waals surface area contributed by atoms with Crippen molar-refractivity contribution in [3.8, 4) is 0 Å². The molecule has 1 unspecified atom stereocenters. The molecular weight excluding hydrogens is 348 g/mol. The van der Waals surface area contributed by atoms with Crippen molar-refractivity contribution < 1.29 is 13.0 Å². The third kappa shape index (κ3) is 5.10. The van der Waals surface area contributed by atoms with Gasteiger partial charge in [-0.2, -0.15) is 0 Å². The third-order valence-corrected chi connectivity index (χ3v) is 4.56. The molecule has 6 nitrogen and oxygen atoms in total. The Morgan fingerprint density at radius 2 is 2.12 bits per heavy atom. The molecule has 0 aliphatic rings. The predicted molar refractivity (Wildman–Crippen MR) is 96.4 cm³/mol. The lowest BCUT2D eigenvalue weighted by atomic mass is 10.2. The topological polar surface area (TPSA) is 110 Å². The largest absolute Gasteiger partial charge is 0.404 e. The first-order valence-electron chi connectivity index (χ1n) is 7.79. The summed E-state index contributed by atoms with van der Waals surface area (Å²) in [5, 5.41) is 0. The second kappa shape index (κ2) is 8.72. The van der Waals surface area contributed by atoms with E-state index < -0.39 is 22.6 Å². The molecule has 1 atom stereocenters. The first-order valence-corrected chi connectivity index (χ1v) is 9.11. The number of nitrogens with two attached hydrogens (primary N) is 2. The fourth-order valence-electron chi connectivity index (χ4n) is 2.10. The van der Waals surface area contributed by atoms with Gasteiger partial charge >= 0.3 is 0 Å². The summed E-state index contributed by atoms with van der Waals surface area (Å²) in [6.07, 6.45) is 4.68. The molecule has 1 aromatic carbocycles. The van der Waals surface area contributed by atoms with E-state index >= 15 is 0 Å². The number of rotatable bonds is 8. The van der Waals surface area contributed by atoms with Gasteiger partial charge in [0.05, 0.1) is 22.0 Å². The van der Waals surface area contributed by atoms with Crippen LogP contribution >= 0.6 is 0 Å². The Morgan fingerprint density at radius 3 is 2.80 bits per heavy atom. The summed E-state index contributed by atoms with van der Waals surface area (Å²) in [5.41, 5.74) is 13.0. The van der Waals surface area contributed by atoms with Gasteiger partial charge in [-0.3, -0.25) is 0 Å². The lowest BCUT2D eigenvalue weighted by Crippen LogP contribution is -2.25. The van der Waals surface area contributed by atoms with Gasteiger partial charge in [0, 0.05) is 41.9 Å². The minimum Gasteiger partial charge on any atom is -0.404 e. The number of hydrogen-bond acceptors (Lipinski definition) is 4. The molecule has 0 radical (unpaired) electrons. The van der Waals surface area contributed by atoms with Crippen molar-refractivity contribution in [2.24, 2.45) is 11.5 Å². The van der Waals surface area contributed by atoms with Gasteiger partial charge in [0.15, 0.2) is 11.6 Å². The summed E-state index contributed by atoms with van der Waals surface area (Å²) < 4.78 is 41.1. The van der Waals surface area contributed by atoms with Crippen molar-refractivity contribution in [3.63, 3.8) is 0 Å². The molecule has 1 heterocycles. The van der Waals surface area contributed by atoms with Crippen molar-refractivity contribution in [2.45, 2.75) is 19.8 Å². The van der Waals surface area contributed by atoms with Gasteiger partial charge in [-0.1, -0.05) is 13.3 Å². The highest BCUT2D eigenvalue weighted by atomic mass is 32.2. The molecule has 0 bridgehead atoms. The standard InChI is InChI=1S/C16H21F2N5OS/c1-2-3-4-25(24)21-9-11(20)5-10(8-19)16-22-14-6-12(17)13(18)7-15(14)23-16/h5-8,21H,2-4,9,19-20H2,1H3,(H,22,23)/b10-8+,11-5-. The SMILES string of the molecule is CCCCS(=O)NC/C(N)=C/C(=C\N)c1nc2cc(F)c(F)cc2[nH]1. The maximum absolute atomic E-state index is 13.3. The number of fused-ring (bicyclic) bond motifs is 1. The highest BCUT2D eigenvalue weighted by Gasteiger charge is 2.11. The summed E-state index contributed by atoms with van der Waals surface area (Å²) >= 11 is 0. The summed E-state index contributed by atoms with van der Waals surface area (Å²) in [7, 11) is -1.15. The lowest BCUT2D eigenvalue weighted by Gasteiger charge is -2.05. The van der Waals surface area contributed by atoms with Gasteiger partial charge in [0.2, 0.25) is 0 Å². The number of allylic oxidation sites excluding steroid dienone is 2. The highest BCUT2D eigenvalue weighted by molar-refractivity contribution is 7.83. The van der Waals surface area contributed by atoms with Crippen LogP contribution in [-0.2, 0) is 11.0 Å². The van der Waals surface area contributed by atoms with Gasteiger partial charge in [-0.25, -0.2) is 22.7 Å². The van der Waals surface area contributed by atoms with Crippen LogP contribution in [0.5, 0.6) is 0 Å². The lowest BCUT2D eigenvalue weighted by molar-refractivity contribution is 0.510. The van der Waals surface area contributed by atoms with Gasteiger partial charge in [0.1, 0.15) is 5.82 Å². The maximum Gasteiger partial charge on any atom is 0.161 e. The van der Waals surface area contributed by atoms with E-state index in [-0.39, 0.29) is 12.1 Å². The van der Waals surface area contributed by atoms with Crippen LogP contribution in [-0.4, -0.2) is 26.5 Å². The summed E-state index contributed by atoms with van der Waals surface area (Å²) in [4.78, 5) is 7.05. The van der Waals surface area contributed by atoms with Gasteiger partial charge in [0.25, 0.3) is 0 Å². The summed E-state index contributed by atoms with van der Waals surface area (Å²) in [6, 6.07) is 2.03. The van der Waals surface area contributed by atoms with E-state index in [1.165, 1.54) is 6.20 Å². The van der Waals surface area contributed by atoms with E-state index in [0.717, 1.165) is 25.0 Å². The highest BCUT2D eigenvalue weighted by Crippen LogP contribution is 2.20. The number of hydrogen-bond donors (Lipinski definition) is 4. The quantitative estimate of drug-likeness (QED) is 0.534. The number of unbranched alkanes of at least 4 members (excludes halogenated alkanes) is 1. The van der Waals surface area contributed by atoms with E-state index in [1.54, 1.807) is 6.08 Å². The Balaban J connectivity index is 2.12. The summed E-state index contributed by atoms with van der Waals surface area (Å²) in [5.74, 6) is -1.05. The zero-order valence-corrected chi connectivity index (χ0v) is 14.6. The number of benzene rings is 1. The normalized spacial score (nSPS) is 14.2.